The first-order valence-electron chi connectivity index (χ1n) is 7.11. The molecule has 23 heavy (non-hydrogen) atoms. The minimum Gasteiger partial charge on any atom is -0.310 e. The molecule has 0 aliphatic rings. The van der Waals surface area contributed by atoms with E-state index in [4.69, 9.17) is 0 Å². The Labute approximate surface area is 138 Å². The summed E-state index contributed by atoms with van der Waals surface area (Å²) in [5.74, 6) is 0.0777. The van der Waals surface area contributed by atoms with E-state index in [1.165, 1.54) is 11.3 Å². The van der Waals surface area contributed by atoms with Crippen molar-refractivity contribution in [3.63, 3.8) is 0 Å². The Morgan fingerprint density at radius 1 is 1.22 bits per heavy atom. The first kappa shape index (κ1) is 16.8. The molecule has 2 rings (SSSR count). The number of thiophene rings is 1. The van der Waals surface area contributed by atoms with Crippen molar-refractivity contribution in [2.45, 2.75) is 26.7 Å². The Balaban J connectivity index is 1.79. The summed E-state index contributed by atoms with van der Waals surface area (Å²) in [7, 11) is 0. The number of rotatable bonds is 6. The van der Waals surface area contributed by atoms with Crippen LogP contribution in [0.5, 0.6) is 0 Å². The van der Waals surface area contributed by atoms with Crippen molar-refractivity contribution in [1.29, 1.82) is 0 Å². The molecule has 0 aromatic carbocycles. The van der Waals surface area contributed by atoms with Gasteiger partial charge in [0, 0.05) is 16.3 Å². The van der Waals surface area contributed by atoms with Gasteiger partial charge in [0.1, 0.15) is 5.82 Å². The zero-order chi connectivity index (χ0) is 16.7. The van der Waals surface area contributed by atoms with E-state index in [0.717, 1.165) is 10.6 Å². The molecule has 0 saturated heterocycles. The van der Waals surface area contributed by atoms with Gasteiger partial charge in [-0.1, -0.05) is 12.1 Å². The van der Waals surface area contributed by atoms with Crippen molar-refractivity contribution in [3.8, 4) is 0 Å². The molecule has 2 N–H and O–H groups in total. The molecule has 2 aromatic rings. The molecule has 2 heterocycles. The van der Waals surface area contributed by atoms with Crippen molar-refractivity contribution in [2.24, 2.45) is 5.10 Å². The Morgan fingerprint density at radius 3 is 2.74 bits per heavy atom. The molecule has 0 unspecified atom stereocenters. The Kier molecular flexibility index (Phi) is 5.99. The van der Waals surface area contributed by atoms with E-state index in [9.17, 15) is 9.59 Å². The summed E-state index contributed by atoms with van der Waals surface area (Å²) >= 11 is 1.52. The summed E-state index contributed by atoms with van der Waals surface area (Å²) < 4.78 is 0. The second kappa shape index (κ2) is 8.19. The molecule has 0 spiro atoms. The van der Waals surface area contributed by atoms with Crippen LogP contribution in [0, 0.1) is 6.92 Å². The summed E-state index contributed by atoms with van der Waals surface area (Å²) in [6, 6.07) is 9.18. The molecule has 0 bridgehead atoms. The second-order valence-electron chi connectivity index (χ2n) is 5.03. The predicted octanol–water partition coefficient (Wildman–Crippen LogP) is 2.51. The molecule has 0 atom stereocenters. The van der Waals surface area contributed by atoms with Crippen molar-refractivity contribution in [3.05, 3.63) is 46.3 Å². The highest BCUT2D eigenvalue weighted by molar-refractivity contribution is 7.10. The maximum Gasteiger partial charge on any atom is 0.245 e. The van der Waals surface area contributed by atoms with Gasteiger partial charge in [-0.25, -0.2) is 10.4 Å². The molecule has 7 heteroatoms. The van der Waals surface area contributed by atoms with Gasteiger partial charge in [-0.15, -0.1) is 11.3 Å². The lowest BCUT2D eigenvalue weighted by Gasteiger charge is -2.05. The van der Waals surface area contributed by atoms with Gasteiger partial charge in [-0.2, -0.15) is 5.10 Å². The molecule has 0 aliphatic carbocycles. The number of anilines is 1. The Bertz CT molecular complexity index is 711. The van der Waals surface area contributed by atoms with Crippen LogP contribution in [-0.4, -0.2) is 22.5 Å². The zero-order valence-electron chi connectivity index (χ0n) is 13.0. The lowest BCUT2D eigenvalue weighted by Crippen LogP contribution is -2.22. The van der Waals surface area contributed by atoms with Gasteiger partial charge >= 0.3 is 0 Å². The quantitative estimate of drug-likeness (QED) is 0.630. The van der Waals surface area contributed by atoms with E-state index in [2.05, 4.69) is 20.8 Å². The van der Waals surface area contributed by atoms with E-state index in [-0.39, 0.29) is 24.7 Å². The van der Waals surface area contributed by atoms with Crippen LogP contribution in [0.2, 0.25) is 0 Å². The number of carbonyl (C=O) groups is 2. The normalized spacial score (nSPS) is 11.1. The number of nitrogens with one attached hydrogen (secondary N) is 2. The van der Waals surface area contributed by atoms with E-state index in [1.807, 2.05) is 36.6 Å². The number of nitrogens with zero attached hydrogens (tertiary/aromatic N) is 2. The number of hydrogen-bond donors (Lipinski definition) is 2. The van der Waals surface area contributed by atoms with Crippen LogP contribution >= 0.6 is 11.3 Å². The van der Waals surface area contributed by atoms with Crippen molar-refractivity contribution < 1.29 is 9.59 Å². The highest BCUT2D eigenvalue weighted by Gasteiger charge is 2.07. The van der Waals surface area contributed by atoms with Gasteiger partial charge in [-0.05, 0) is 37.4 Å². The smallest absolute Gasteiger partial charge is 0.245 e. The maximum absolute atomic E-state index is 11.9. The first-order valence-corrected chi connectivity index (χ1v) is 7.99. The number of pyridine rings is 1. The number of amides is 2. The van der Waals surface area contributed by atoms with E-state index >= 15 is 0 Å². The number of aryl methyl sites for hydroxylation is 1. The summed E-state index contributed by atoms with van der Waals surface area (Å²) in [5.41, 5.74) is 3.81. The molecule has 6 nitrogen and oxygen atoms in total. The predicted molar refractivity (Wildman–Crippen MR) is 91.5 cm³/mol. The molecular formula is C16H18N4O2S. The fourth-order valence-corrected chi connectivity index (χ4v) is 2.54. The second-order valence-corrected chi connectivity index (χ2v) is 6.06. The number of hydrazone groups is 1. The van der Waals surface area contributed by atoms with Crippen LogP contribution in [0.4, 0.5) is 5.82 Å². The van der Waals surface area contributed by atoms with Gasteiger partial charge in [-0.3, -0.25) is 9.59 Å². The fourth-order valence-electron chi connectivity index (χ4n) is 1.84. The fraction of sp³-hybridized carbons (Fsp3) is 0.250. The summed E-state index contributed by atoms with van der Waals surface area (Å²) in [5, 5.41) is 8.56. The molecule has 0 fully saturated rings. The van der Waals surface area contributed by atoms with E-state index < -0.39 is 0 Å². The monoisotopic (exact) mass is 330 g/mol. The lowest BCUT2D eigenvalue weighted by molar-refractivity contribution is -0.120. The first-order chi connectivity index (χ1) is 11.0. The lowest BCUT2D eigenvalue weighted by atomic mass is 10.3. The van der Waals surface area contributed by atoms with E-state index in [0.29, 0.717) is 11.5 Å². The summed E-state index contributed by atoms with van der Waals surface area (Å²) in [4.78, 5) is 28.8. The third-order valence-corrected chi connectivity index (χ3v) is 3.73. The largest absolute Gasteiger partial charge is 0.310 e. The van der Waals surface area contributed by atoms with Crippen LogP contribution in [0.15, 0.2) is 40.8 Å². The average Bonchev–Trinajstić information content (AvgIpc) is 2.98. The molecule has 0 radical (unpaired) electrons. The minimum absolute atomic E-state index is 0.0922. The summed E-state index contributed by atoms with van der Waals surface area (Å²) in [6.45, 7) is 3.54. The van der Waals surface area contributed by atoms with Crippen molar-refractivity contribution in [1.82, 2.24) is 10.4 Å². The van der Waals surface area contributed by atoms with Crippen molar-refractivity contribution in [2.75, 3.05) is 5.32 Å². The number of hydrogen-bond acceptors (Lipinski definition) is 5. The molecular weight excluding hydrogens is 312 g/mol. The SMILES string of the molecule is CC(CC(=O)Nc1cccc(C)n1)=NNC(=O)Cc1cccs1. The van der Waals surface area contributed by atoms with Gasteiger partial charge < -0.3 is 5.32 Å². The average molecular weight is 330 g/mol. The van der Waals surface area contributed by atoms with Crippen molar-refractivity contribution >= 4 is 34.7 Å². The van der Waals surface area contributed by atoms with Gasteiger partial charge in [0.2, 0.25) is 11.8 Å². The topological polar surface area (TPSA) is 83.4 Å². The molecule has 2 aromatic heterocycles. The van der Waals surface area contributed by atoms with Crippen LogP contribution in [0.25, 0.3) is 0 Å². The number of aromatic nitrogens is 1. The molecule has 0 aliphatic heterocycles. The third-order valence-electron chi connectivity index (χ3n) is 2.86. The Hall–Kier alpha value is -2.54. The van der Waals surface area contributed by atoms with Crippen LogP contribution < -0.4 is 10.7 Å². The number of carbonyl (C=O) groups excluding carboxylic acids is 2. The summed E-state index contributed by atoms with van der Waals surface area (Å²) in [6.07, 6.45) is 0.378. The minimum atomic E-state index is -0.225. The maximum atomic E-state index is 11.9. The van der Waals surface area contributed by atoms with Crippen LogP contribution in [0.1, 0.15) is 23.9 Å². The van der Waals surface area contributed by atoms with E-state index in [1.54, 1.807) is 13.0 Å². The zero-order valence-corrected chi connectivity index (χ0v) is 13.8. The highest BCUT2D eigenvalue weighted by Crippen LogP contribution is 2.08. The third kappa shape index (κ3) is 5.99. The standard InChI is InChI=1S/C16H18N4O2S/c1-11-5-3-7-14(17-11)18-15(21)9-12(2)19-20-16(22)10-13-6-4-8-23-13/h3-8H,9-10H2,1-2H3,(H,20,22)(H,17,18,21). The van der Waals surface area contributed by atoms with Crippen LogP contribution in [-0.2, 0) is 16.0 Å². The molecule has 0 saturated carbocycles. The molecule has 2 amide bonds. The van der Waals surface area contributed by atoms with Gasteiger partial charge in [0.25, 0.3) is 0 Å². The van der Waals surface area contributed by atoms with Gasteiger partial charge in [0.05, 0.1) is 12.8 Å². The highest BCUT2D eigenvalue weighted by atomic mass is 32.1. The van der Waals surface area contributed by atoms with Crippen LogP contribution in [0.3, 0.4) is 0 Å². The van der Waals surface area contributed by atoms with Gasteiger partial charge in [0.15, 0.2) is 0 Å². The Morgan fingerprint density at radius 2 is 2.04 bits per heavy atom. The molecule has 120 valence electrons.